The summed E-state index contributed by atoms with van der Waals surface area (Å²) in [6.07, 6.45) is 4.80. The summed E-state index contributed by atoms with van der Waals surface area (Å²) in [4.78, 5) is 5.05. The Morgan fingerprint density at radius 3 is 2.76 bits per heavy atom. The smallest absolute Gasteiger partial charge is 0.0601 e. The molecule has 17 heavy (non-hydrogen) atoms. The molecule has 0 aromatic heterocycles. The molecular weight excluding hydrogens is 214 g/mol. The Morgan fingerprint density at radius 1 is 1.29 bits per heavy atom. The molecule has 3 atom stereocenters. The molecule has 2 rings (SSSR count). The quantitative estimate of drug-likeness (QED) is 0.741. The third kappa shape index (κ3) is 2.99. The van der Waals surface area contributed by atoms with E-state index in [1.807, 2.05) is 0 Å². The van der Waals surface area contributed by atoms with Gasteiger partial charge in [0.05, 0.1) is 6.61 Å². The molecule has 2 aliphatic heterocycles. The van der Waals surface area contributed by atoms with Crippen molar-refractivity contribution in [2.75, 3.05) is 32.8 Å². The van der Waals surface area contributed by atoms with Gasteiger partial charge in [0.15, 0.2) is 0 Å². The maximum atomic E-state index is 9.58. The second-order valence-electron chi connectivity index (χ2n) is 5.50. The number of nitrogens with zero attached hydrogens (tertiary/aromatic N) is 2. The van der Waals surface area contributed by atoms with Crippen LogP contribution < -0.4 is 5.73 Å². The van der Waals surface area contributed by atoms with Crippen molar-refractivity contribution in [3.05, 3.63) is 0 Å². The first-order chi connectivity index (χ1) is 8.26. The summed E-state index contributed by atoms with van der Waals surface area (Å²) in [6.45, 7) is 6.97. The topological polar surface area (TPSA) is 52.7 Å². The number of nitrogens with two attached hydrogens (primary N) is 1. The van der Waals surface area contributed by atoms with Crippen molar-refractivity contribution in [1.82, 2.24) is 9.80 Å². The average Bonchev–Trinajstić information content (AvgIpc) is 2.68. The van der Waals surface area contributed by atoms with Gasteiger partial charge in [-0.05, 0) is 45.3 Å². The molecular formula is C13H27N3O. The fourth-order valence-corrected chi connectivity index (χ4v) is 3.33. The third-order valence-electron chi connectivity index (χ3n) is 4.46. The molecule has 0 aromatic rings. The standard InChI is InChI=1S/C13H27N3O/c1-2-12(14)13(10-17)16-8-4-7-15-6-3-5-11(15)9-16/h11-13,17H,2-10,14H2,1H3. The number of aliphatic hydroxyl groups is 1. The Kier molecular flexibility index (Phi) is 4.79. The minimum absolute atomic E-state index is 0.105. The van der Waals surface area contributed by atoms with E-state index < -0.39 is 0 Å². The molecule has 0 amide bonds. The second-order valence-corrected chi connectivity index (χ2v) is 5.50. The summed E-state index contributed by atoms with van der Waals surface area (Å²) in [5.41, 5.74) is 6.13. The normalized spacial score (nSPS) is 30.9. The zero-order valence-electron chi connectivity index (χ0n) is 11.0. The van der Waals surface area contributed by atoms with Gasteiger partial charge in [0, 0.05) is 24.7 Å². The lowest BCUT2D eigenvalue weighted by Crippen LogP contribution is -2.52. The van der Waals surface area contributed by atoms with Gasteiger partial charge in [-0.25, -0.2) is 0 Å². The Balaban J connectivity index is 1.99. The average molecular weight is 241 g/mol. The molecule has 3 unspecified atom stereocenters. The van der Waals surface area contributed by atoms with Crippen molar-refractivity contribution in [2.45, 2.75) is 50.7 Å². The van der Waals surface area contributed by atoms with Crippen LogP contribution in [0.3, 0.4) is 0 Å². The zero-order valence-corrected chi connectivity index (χ0v) is 11.0. The van der Waals surface area contributed by atoms with E-state index >= 15 is 0 Å². The van der Waals surface area contributed by atoms with Crippen LogP contribution in [0.5, 0.6) is 0 Å². The Hall–Kier alpha value is -0.160. The van der Waals surface area contributed by atoms with Gasteiger partial charge < -0.3 is 10.8 Å². The summed E-state index contributed by atoms with van der Waals surface area (Å²) in [6, 6.07) is 0.962. The largest absolute Gasteiger partial charge is 0.395 e. The van der Waals surface area contributed by atoms with Gasteiger partial charge in [-0.15, -0.1) is 0 Å². The molecule has 0 spiro atoms. The summed E-state index contributed by atoms with van der Waals surface area (Å²) >= 11 is 0. The van der Waals surface area contributed by atoms with Crippen molar-refractivity contribution in [1.29, 1.82) is 0 Å². The first-order valence-electron chi connectivity index (χ1n) is 7.10. The minimum atomic E-state index is 0.105. The predicted octanol–water partition coefficient (Wildman–Crippen LogP) is 0.255. The van der Waals surface area contributed by atoms with Crippen molar-refractivity contribution >= 4 is 0 Å². The van der Waals surface area contributed by atoms with E-state index in [0.717, 1.165) is 19.5 Å². The maximum absolute atomic E-state index is 9.58. The van der Waals surface area contributed by atoms with Crippen molar-refractivity contribution in [3.63, 3.8) is 0 Å². The number of aliphatic hydroxyl groups excluding tert-OH is 1. The van der Waals surface area contributed by atoms with Crippen molar-refractivity contribution in [2.24, 2.45) is 5.73 Å². The van der Waals surface area contributed by atoms with Gasteiger partial charge in [0.1, 0.15) is 0 Å². The Bertz CT molecular complexity index is 237. The number of hydrogen-bond donors (Lipinski definition) is 2. The molecule has 2 heterocycles. The summed E-state index contributed by atoms with van der Waals surface area (Å²) < 4.78 is 0. The van der Waals surface area contributed by atoms with Crippen LogP contribution in [0.2, 0.25) is 0 Å². The highest BCUT2D eigenvalue weighted by molar-refractivity contribution is 4.89. The minimum Gasteiger partial charge on any atom is -0.395 e. The molecule has 0 aromatic carbocycles. The fraction of sp³-hybridized carbons (Fsp3) is 1.00. The lowest BCUT2D eigenvalue weighted by atomic mass is 10.0. The van der Waals surface area contributed by atoms with Crippen LogP contribution in [0.1, 0.15) is 32.6 Å². The monoisotopic (exact) mass is 241 g/mol. The first-order valence-corrected chi connectivity index (χ1v) is 7.10. The van der Waals surface area contributed by atoms with Crippen LogP contribution in [0.25, 0.3) is 0 Å². The van der Waals surface area contributed by atoms with E-state index in [-0.39, 0.29) is 18.7 Å². The van der Waals surface area contributed by atoms with Gasteiger partial charge in [-0.3, -0.25) is 9.80 Å². The van der Waals surface area contributed by atoms with Crippen LogP contribution in [0, 0.1) is 0 Å². The molecule has 4 nitrogen and oxygen atoms in total. The summed E-state index contributed by atoms with van der Waals surface area (Å²) in [5.74, 6) is 0. The number of fused-ring (bicyclic) bond motifs is 1. The van der Waals surface area contributed by atoms with Crippen LogP contribution in [0.15, 0.2) is 0 Å². The number of rotatable bonds is 4. The Morgan fingerprint density at radius 2 is 2.06 bits per heavy atom. The maximum Gasteiger partial charge on any atom is 0.0601 e. The summed E-state index contributed by atoms with van der Waals surface area (Å²) in [5, 5.41) is 9.58. The molecule has 4 heteroatoms. The van der Waals surface area contributed by atoms with Gasteiger partial charge in [-0.2, -0.15) is 0 Å². The molecule has 100 valence electrons. The lowest BCUT2D eigenvalue weighted by molar-refractivity contribution is 0.0952. The zero-order chi connectivity index (χ0) is 12.3. The van der Waals surface area contributed by atoms with Crippen LogP contribution in [-0.2, 0) is 0 Å². The van der Waals surface area contributed by atoms with Crippen LogP contribution in [0.4, 0.5) is 0 Å². The molecule has 0 radical (unpaired) electrons. The molecule has 0 saturated carbocycles. The lowest BCUT2D eigenvalue weighted by Gasteiger charge is -2.34. The van der Waals surface area contributed by atoms with Crippen molar-refractivity contribution < 1.29 is 5.11 Å². The highest BCUT2D eigenvalue weighted by Crippen LogP contribution is 2.23. The van der Waals surface area contributed by atoms with E-state index in [0.29, 0.717) is 6.04 Å². The van der Waals surface area contributed by atoms with E-state index in [2.05, 4.69) is 16.7 Å². The highest BCUT2D eigenvalue weighted by Gasteiger charge is 2.32. The molecule has 2 aliphatic rings. The summed E-state index contributed by atoms with van der Waals surface area (Å²) in [7, 11) is 0. The molecule has 2 fully saturated rings. The molecule has 2 saturated heterocycles. The SMILES string of the molecule is CCC(N)C(CO)N1CCCN2CCCC2C1. The Labute approximate surface area is 105 Å². The van der Waals surface area contributed by atoms with E-state index in [1.54, 1.807) is 0 Å². The van der Waals surface area contributed by atoms with Gasteiger partial charge in [-0.1, -0.05) is 6.92 Å². The van der Waals surface area contributed by atoms with Crippen molar-refractivity contribution in [3.8, 4) is 0 Å². The fourth-order valence-electron chi connectivity index (χ4n) is 3.33. The van der Waals surface area contributed by atoms with E-state index in [1.165, 1.54) is 32.4 Å². The van der Waals surface area contributed by atoms with Gasteiger partial charge in [0.25, 0.3) is 0 Å². The highest BCUT2D eigenvalue weighted by atomic mass is 16.3. The van der Waals surface area contributed by atoms with E-state index in [9.17, 15) is 5.11 Å². The van der Waals surface area contributed by atoms with Crippen LogP contribution in [-0.4, -0.2) is 65.8 Å². The van der Waals surface area contributed by atoms with Crippen LogP contribution >= 0.6 is 0 Å². The molecule has 0 bridgehead atoms. The van der Waals surface area contributed by atoms with E-state index in [4.69, 9.17) is 5.73 Å². The predicted molar refractivity (Wildman–Crippen MR) is 69.9 cm³/mol. The van der Waals surface area contributed by atoms with Gasteiger partial charge >= 0.3 is 0 Å². The molecule has 0 aliphatic carbocycles. The van der Waals surface area contributed by atoms with Gasteiger partial charge in [0.2, 0.25) is 0 Å². The first kappa shape index (κ1) is 13.3. The number of hydrogen-bond acceptors (Lipinski definition) is 4. The second kappa shape index (κ2) is 6.14. The molecule has 3 N–H and O–H groups in total. The third-order valence-corrected chi connectivity index (χ3v) is 4.46.